The normalized spacial score (nSPS) is 17.1. The first kappa shape index (κ1) is 17.2. The summed E-state index contributed by atoms with van der Waals surface area (Å²) < 4.78 is 13.0. The topological polar surface area (TPSA) is 54.0 Å². The van der Waals surface area contributed by atoms with Crippen LogP contribution in [0.1, 0.15) is 4.88 Å². The van der Waals surface area contributed by atoms with Gasteiger partial charge in [-0.1, -0.05) is 0 Å². The first-order chi connectivity index (χ1) is 10.1. The molecule has 0 aliphatic carbocycles. The van der Waals surface area contributed by atoms with E-state index in [-0.39, 0.29) is 30.2 Å². The minimum absolute atomic E-state index is 0. The number of thioether (sulfide) groups is 1. The highest BCUT2D eigenvalue weighted by atomic mass is 35.5. The van der Waals surface area contributed by atoms with E-state index < -0.39 is 0 Å². The summed E-state index contributed by atoms with van der Waals surface area (Å²) in [5.74, 6) is 1.25. The van der Waals surface area contributed by atoms with Gasteiger partial charge in [-0.05, 0) is 31.2 Å². The zero-order valence-corrected chi connectivity index (χ0v) is 14.2. The molecule has 0 radical (unpaired) electrons. The Kier molecular flexibility index (Phi) is 5.80. The second kappa shape index (κ2) is 7.41. The lowest BCUT2D eigenvalue weighted by molar-refractivity contribution is -0.117. The van der Waals surface area contributed by atoms with Crippen LogP contribution in [0, 0.1) is 12.7 Å². The van der Waals surface area contributed by atoms with E-state index in [1.807, 2.05) is 6.92 Å². The summed E-state index contributed by atoms with van der Waals surface area (Å²) in [5.41, 5.74) is 1.63. The fraction of sp³-hybridized carbons (Fsp3) is 0.286. The Hall–Kier alpha value is -1.15. The quantitative estimate of drug-likeness (QED) is 0.883. The molecular formula is C14H15ClFN3OS2. The maximum atomic E-state index is 13.0. The van der Waals surface area contributed by atoms with Gasteiger partial charge in [0.25, 0.3) is 0 Å². The molecule has 118 valence electrons. The number of amides is 1. The Balaban J connectivity index is 0.00000176. The number of nitrogens with one attached hydrogen (secondary N) is 2. The molecule has 2 heterocycles. The Morgan fingerprint density at radius 3 is 2.77 bits per heavy atom. The maximum Gasteiger partial charge on any atom is 0.244 e. The van der Waals surface area contributed by atoms with Gasteiger partial charge in [-0.25, -0.2) is 9.37 Å². The van der Waals surface area contributed by atoms with Crippen molar-refractivity contribution >= 4 is 46.5 Å². The van der Waals surface area contributed by atoms with Gasteiger partial charge >= 0.3 is 0 Å². The number of hydrogen-bond donors (Lipinski definition) is 2. The van der Waals surface area contributed by atoms with Gasteiger partial charge in [-0.15, -0.1) is 35.5 Å². The molecule has 1 unspecified atom stereocenters. The van der Waals surface area contributed by atoms with Crippen molar-refractivity contribution in [3.05, 3.63) is 35.0 Å². The number of benzene rings is 1. The van der Waals surface area contributed by atoms with Gasteiger partial charge in [-0.2, -0.15) is 0 Å². The number of thiazole rings is 1. The number of hydrogen-bond acceptors (Lipinski definition) is 5. The molecule has 1 aliphatic rings. The molecule has 0 bridgehead atoms. The lowest BCUT2D eigenvalue weighted by atomic mass is 10.1. The van der Waals surface area contributed by atoms with Crippen LogP contribution in [0.25, 0.3) is 11.3 Å². The van der Waals surface area contributed by atoms with Gasteiger partial charge in [-0.3, -0.25) is 10.1 Å². The summed E-state index contributed by atoms with van der Waals surface area (Å²) in [6.07, 6.45) is 0. The van der Waals surface area contributed by atoms with E-state index in [1.165, 1.54) is 23.5 Å². The maximum absolute atomic E-state index is 13.0. The number of halogens is 2. The second-order valence-electron chi connectivity index (χ2n) is 4.69. The third-order valence-electron chi connectivity index (χ3n) is 3.18. The molecule has 8 heteroatoms. The third-order valence-corrected chi connectivity index (χ3v) is 5.00. The molecule has 22 heavy (non-hydrogen) atoms. The van der Waals surface area contributed by atoms with Crippen LogP contribution < -0.4 is 10.6 Å². The Labute approximate surface area is 142 Å². The first-order valence-corrected chi connectivity index (χ1v) is 8.46. The van der Waals surface area contributed by atoms with Crippen LogP contribution in [-0.4, -0.2) is 28.6 Å². The lowest BCUT2D eigenvalue weighted by Crippen LogP contribution is -2.37. The monoisotopic (exact) mass is 359 g/mol. The van der Waals surface area contributed by atoms with E-state index in [0.29, 0.717) is 5.13 Å². The molecule has 1 aromatic heterocycles. The van der Waals surface area contributed by atoms with Crippen molar-refractivity contribution in [2.45, 2.75) is 13.0 Å². The highest BCUT2D eigenvalue weighted by molar-refractivity contribution is 7.99. The number of carbonyl (C=O) groups excluding carboxylic acids is 1. The third kappa shape index (κ3) is 3.78. The van der Waals surface area contributed by atoms with Crippen molar-refractivity contribution in [2.24, 2.45) is 0 Å². The predicted molar refractivity (Wildman–Crippen MR) is 92.4 cm³/mol. The molecule has 1 aliphatic heterocycles. The number of nitrogens with zero attached hydrogens (tertiary/aromatic N) is 1. The molecule has 2 N–H and O–H groups in total. The highest BCUT2D eigenvalue weighted by Crippen LogP contribution is 2.30. The summed E-state index contributed by atoms with van der Waals surface area (Å²) in [6, 6.07) is 6.04. The number of aryl methyl sites for hydroxylation is 1. The molecule has 3 rings (SSSR count). The van der Waals surface area contributed by atoms with Crippen LogP contribution in [0.2, 0.25) is 0 Å². The van der Waals surface area contributed by atoms with E-state index in [0.717, 1.165) is 27.8 Å². The van der Waals surface area contributed by atoms with E-state index in [1.54, 1.807) is 23.9 Å². The molecular weight excluding hydrogens is 345 g/mol. The predicted octanol–water partition coefficient (Wildman–Crippen LogP) is 3.28. The minimum Gasteiger partial charge on any atom is -0.301 e. The lowest BCUT2D eigenvalue weighted by Gasteiger charge is -2.07. The van der Waals surface area contributed by atoms with Gasteiger partial charge in [0.2, 0.25) is 5.91 Å². The fourth-order valence-electron chi connectivity index (χ4n) is 2.08. The fourth-order valence-corrected chi connectivity index (χ4v) is 3.86. The van der Waals surface area contributed by atoms with Crippen LogP contribution in [-0.2, 0) is 4.79 Å². The van der Waals surface area contributed by atoms with Gasteiger partial charge < -0.3 is 5.32 Å². The number of aromatic nitrogens is 1. The van der Waals surface area contributed by atoms with Crippen molar-refractivity contribution in [2.75, 3.05) is 16.9 Å². The Morgan fingerprint density at radius 1 is 1.41 bits per heavy atom. The standard InChI is InChI=1S/C14H14FN3OS2.ClH/c1-8-12(9-2-4-10(15)5-3-9)17-14(21-8)18-13(19)11-6-20-7-16-11;/h2-5,11,16H,6-7H2,1H3,(H,17,18,19);1H. The van der Waals surface area contributed by atoms with E-state index in [4.69, 9.17) is 0 Å². The van der Waals surface area contributed by atoms with Crippen molar-refractivity contribution in [1.82, 2.24) is 10.3 Å². The molecule has 1 saturated heterocycles. The van der Waals surface area contributed by atoms with Crippen molar-refractivity contribution in [3.63, 3.8) is 0 Å². The van der Waals surface area contributed by atoms with Crippen LogP contribution >= 0.6 is 35.5 Å². The van der Waals surface area contributed by atoms with Gasteiger partial charge in [0, 0.05) is 22.1 Å². The molecule has 2 aromatic rings. The van der Waals surface area contributed by atoms with Crippen molar-refractivity contribution in [3.8, 4) is 11.3 Å². The van der Waals surface area contributed by atoms with Crippen LogP contribution in [0.15, 0.2) is 24.3 Å². The van der Waals surface area contributed by atoms with Crippen molar-refractivity contribution < 1.29 is 9.18 Å². The SMILES string of the molecule is Cc1sc(NC(=O)C2CSCN2)nc1-c1ccc(F)cc1.Cl. The highest BCUT2D eigenvalue weighted by Gasteiger charge is 2.23. The zero-order valence-electron chi connectivity index (χ0n) is 11.8. The van der Waals surface area contributed by atoms with Crippen LogP contribution in [0.5, 0.6) is 0 Å². The van der Waals surface area contributed by atoms with Crippen LogP contribution in [0.4, 0.5) is 9.52 Å². The largest absolute Gasteiger partial charge is 0.301 e. The summed E-state index contributed by atoms with van der Waals surface area (Å²) in [5, 5.41) is 6.55. The van der Waals surface area contributed by atoms with Gasteiger partial charge in [0.05, 0.1) is 11.7 Å². The molecule has 1 aromatic carbocycles. The van der Waals surface area contributed by atoms with E-state index in [9.17, 15) is 9.18 Å². The summed E-state index contributed by atoms with van der Waals surface area (Å²) >= 11 is 3.13. The molecule has 1 atom stereocenters. The zero-order chi connectivity index (χ0) is 14.8. The van der Waals surface area contributed by atoms with Gasteiger partial charge in [0.15, 0.2) is 5.13 Å². The Morgan fingerprint density at radius 2 is 2.14 bits per heavy atom. The number of anilines is 1. The first-order valence-electron chi connectivity index (χ1n) is 6.49. The number of rotatable bonds is 3. The second-order valence-corrected chi connectivity index (χ2v) is 6.93. The number of carbonyl (C=O) groups is 1. The Bertz CT molecular complexity index is 657. The summed E-state index contributed by atoms with van der Waals surface area (Å²) in [4.78, 5) is 17.5. The van der Waals surface area contributed by atoms with Crippen molar-refractivity contribution in [1.29, 1.82) is 0 Å². The smallest absolute Gasteiger partial charge is 0.244 e. The van der Waals surface area contributed by atoms with Gasteiger partial charge in [0.1, 0.15) is 5.82 Å². The molecule has 0 saturated carbocycles. The molecule has 0 spiro atoms. The minimum atomic E-state index is -0.273. The summed E-state index contributed by atoms with van der Waals surface area (Å²) in [6.45, 7) is 1.94. The molecule has 1 amide bonds. The average molecular weight is 360 g/mol. The molecule has 4 nitrogen and oxygen atoms in total. The average Bonchev–Trinajstić information content (AvgIpc) is 3.10. The summed E-state index contributed by atoms with van der Waals surface area (Å²) in [7, 11) is 0. The molecule has 1 fully saturated rings. The van der Waals surface area contributed by atoms with Crippen LogP contribution in [0.3, 0.4) is 0 Å². The van der Waals surface area contributed by atoms with E-state index >= 15 is 0 Å². The van der Waals surface area contributed by atoms with E-state index in [2.05, 4.69) is 15.6 Å².